The Morgan fingerprint density at radius 1 is 1.25 bits per heavy atom. The van der Waals surface area contributed by atoms with Crippen LogP contribution in [0.5, 0.6) is 0 Å². The average Bonchev–Trinajstić information content (AvgIpc) is 2.38. The fourth-order valence-electron chi connectivity index (χ4n) is 2.76. The lowest BCUT2D eigenvalue weighted by molar-refractivity contribution is -0.179. The Kier molecular flexibility index (Phi) is 6.90. The first-order valence-corrected chi connectivity index (χ1v) is 7.82. The zero-order chi connectivity index (χ0) is 15.3. The van der Waals surface area contributed by atoms with E-state index < -0.39 is 0 Å². The lowest BCUT2D eigenvalue weighted by Gasteiger charge is -2.30. The molecule has 116 valence electrons. The number of hydrogen-bond donors (Lipinski definition) is 0. The molecule has 3 atom stereocenters. The molecule has 1 rings (SSSR count). The number of ether oxygens (including phenoxy) is 2. The highest BCUT2D eigenvalue weighted by Gasteiger charge is 2.32. The normalized spacial score (nSPS) is 23.1. The lowest BCUT2D eigenvalue weighted by atomic mass is 9.80. The van der Waals surface area contributed by atoms with Gasteiger partial charge in [0.2, 0.25) is 0 Å². The summed E-state index contributed by atoms with van der Waals surface area (Å²) in [5.41, 5.74) is 2.81. The van der Waals surface area contributed by atoms with Crippen molar-refractivity contribution in [3.05, 3.63) is 11.1 Å². The Labute approximate surface area is 123 Å². The molecule has 0 aromatic heterocycles. The van der Waals surface area contributed by atoms with Gasteiger partial charge in [-0.05, 0) is 52.9 Å². The molecule has 0 saturated carbocycles. The predicted octanol–water partition coefficient (Wildman–Crippen LogP) is 4.12. The molecule has 0 bridgehead atoms. The summed E-state index contributed by atoms with van der Waals surface area (Å²) in [5.74, 6) is 0.538. The van der Waals surface area contributed by atoms with Crippen LogP contribution in [-0.4, -0.2) is 24.8 Å². The number of carbonyl (C=O) groups is 1. The Bertz CT molecular complexity index is 357. The average molecular weight is 282 g/mol. The summed E-state index contributed by atoms with van der Waals surface area (Å²) in [5, 5.41) is 0. The largest absolute Gasteiger partial charge is 0.353 e. The number of Topliss-reactive ketones (excluding diaryl/α,β-unsaturated/α-hetero) is 1. The molecule has 20 heavy (non-hydrogen) atoms. The van der Waals surface area contributed by atoms with Crippen LogP contribution >= 0.6 is 0 Å². The number of rotatable bonds is 7. The van der Waals surface area contributed by atoms with Crippen LogP contribution in [-0.2, 0) is 14.3 Å². The summed E-state index contributed by atoms with van der Waals surface area (Å²) < 4.78 is 11.3. The summed E-state index contributed by atoms with van der Waals surface area (Å²) in [7, 11) is 0. The molecule has 0 saturated heterocycles. The predicted molar refractivity (Wildman–Crippen MR) is 81.5 cm³/mol. The van der Waals surface area contributed by atoms with E-state index in [-0.39, 0.29) is 30.0 Å². The van der Waals surface area contributed by atoms with E-state index in [4.69, 9.17) is 9.47 Å². The number of carbonyl (C=O) groups excluding carboxylic acids is 1. The minimum absolute atomic E-state index is 0.111. The van der Waals surface area contributed by atoms with Crippen LogP contribution < -0.4 is 0 Å². The molecular formula is C17H30O3. The van der Waals surface area contributed by atoms with E-state index in [9.17, 15) is 4.79 Å². The van der Waals surface area contributed by atoms with Crippen LogP contribution in [0.3, 0.4) is 0 Å². The monoisotopic (exact) mass is 282 g/mol. The Morgan fingerprint density at radius 2 is 1.90 bits per heavy atom. The second-order valence-corrected chi connectivity index (χ2v) is 6.23. The maximum Gasteiger partial charge on any atom is 0.165 e. The van der Waals surface area contributed by atoms with Gasteiger partial charge in [-0.15, -0.1) is 0 Å². The molecule has 3 heteroatoms. The van der Waals surface area contributed by atoms with E-state index in [2.05, 4.69) is 13.8 Å². The lowest BCUT2D eigenvalue weighted by Crippen LogP contribution is -2.38. The molecule has 0 aliphatic heterocycles. The minimum atomic E-state index is -0.354. The van der Waals surface area contributed by atoms with Gasteiger partial charge in [0.05, 0.1) is 0 Å². The molecule has 0 fully saturated rings. The molecule has 1 aliphatic carbocycles. The van der Waals surface area contributed by atoms with E-state index >= 15 is 0 Å². The van der Waals surface area contributed by atoms with E-state index in [1.807, 2.05) is 27.7 Å². The molecule has 0 N–H and O–H groups in total. The Balaban J connectivity index is 2.70. The smallest absolute Gasteiger partial charge is 0.165 e. The van der Waals surface area contributed by atoms with Crippen molar-refractivity contribution in [1.82, 2.24) is 0 Å². The minimum Gasteiger partial charge on any atom is -0.353 e. The van der Waals surface area contributed by atoms with Crippen LogP contribution in [0.1, 0.15) is 60.8 Å². The highest BCUT2D eigenvalue weighted by Crippen LogP contribution is 2.31. The van der Waals surface area contributed by atoms with E-state index in [1.165, 1.54) is 11.1 Å². The molecule has 3 nitrogen and oxygen atoms in total. The van der Waals surface area contributed by atoms with Gasteiger partial charge in [0.15, 0.2) is 12.1 Å². The molecule has 0 heterocycles. The molecule has 0 radical (unpaired) electrons. The van der Waals surface area contributed by atoms with Crippen LogP contribution in [0.4, 0.5) is 0 Å². The van der Waals surface area contributed by atoms with Gasteiger partial charge in [-0.2, -0.15) is 0 Å². The number of hydrogen-bond acceptors (Lipinski definition) is 3. The van der Waals surface area contributed by atoms with E-state index in [0.29, 0.717) is 6.61 Å². The van der Waals surface area contributed by atoms with E-state index in [0.717, 1.165) is 19.3 Å². The second kappa shape index (κ2) is 7.94. The highest BCUT2D eigenvalue weighted by atomic mass is 16.7. The topological polar surface area (TPSA) is 35.5 Å². The van der Waals surface area contributed by atoms with Gasteiger partial charge in [0, 0.05) is 12.5 Å². The van der Waals surface area contributed by atoms with Crippen molar-refractivity contribution in [3.63, 3.8) is 0 Å². The van der Waals surface area contributed by atoms with Crippen LogP contribution in [0.15, 0.2) is 11.1 Å². The van der Waals surface area contributed by atoms with Gasteiger partial charge in [0.25, 0.3) is 0 Å². The summed E-state index contributed by atoms with van der Waals surface area (Å²) >= 11 is 0. The van der Waals surface area contributed by atoms with Gasteiger partial charge in [-0.25, -0.2) is 0 Å². The Hall–Kier alpha value is -0.670. The standard InChI is InChI=1S/C17H30O3/c1-7-19-14(6)20-17(11(2)3)16(18)15-9-8-12(4)13(5)10-15/h11,14-15,17H,7-10H2,1-6H3/t14?,15-,17-/m0/s1. The summed E-state index contributed by atoms with van der Waals surface area (Å²) in [4.78, 5) is 12.7. The molecule has 0 spiro atoms. The Morgan fingerprint density at radius 3 is 2.40 bits per heavy atom. The third kappa shape index (κ3) is 4.71. The molecule has 0 amide bonds. The van der Waals surface area contributed by atoms with Gasteiger partial charge in [-0.3, -0.25) is 4.79 Å². The summed E-state index contributed by atoms with van der Waals surface area (Å²) in [6.07, 6.45) is 2.21. The maximum absolute atomic E-state index is 12.7. The number of ketones is 1. The summed E-state index contributed by atoms with van der Waals surface area (Å²) in [6.45, 7) is 12.8. The third-order valence-electron chi connectivity index (χ3n) is 4.18. The molecule has 0 aromatic carbocycles. The van der Waals surface area contributed by atoms with E-state index in [1.54, 1.807) is 0 Å². The van der Waals surface area contributed by atoms with Crippen LogP contribution in [0, 0.1) is 11.8 Å². The zero-order valence-electron chi connectivity index (χ0n) is 13.9. The molecule has 0 aromatic rings. The van der Waals surface area contributed by atoms with Crippen molar-refractivity contribution in [2.75, 3.05) is 6.61 Å². The first-order valence-electron chi connectivity index (χ1n) is 7.82. The van der Waals surface area contributed by atoms with Crippen molar-refractivity contribution >= 4 is 5.78 Å². The molecule has 1 unspecified atom stereocenters. The maximum atomic E-state index is 12.7. The fraction of sp³-hybridized carbons (Fsp3) is 0.824. The fourth-order valence-corrected chi connectivity index (χ4v) is 2.76. The van der Waals surface area contributed by atoms with Gasteiger partial charge < -0.3 is 9.47 Å². The zero-order valence-corrected chi connectivity index (χ0v) is 13.9. The second-order valence-electron chi connectivity index (χ2n) is 6.23. The van der Waals surface area contributed by atoms with Crippen LogP contribution in [0.2, 0.25) is 0 Å². The quantitative estimate of drug-likeness (QED) is 0.520. The summed E-state index contributed by atoms with van der Waals surface area (Å²) in [6, 6.07) is 0. The van der Waals surface area contributed by atoms with Crippen molar-refractivity contribution in [1.29, 1.82) is 0 Å². The van der Waals surface area contributed by atoms with Crippen molar-refractivity contribution < 1.29 is 14.3 Å². The van der Waals surface area contributed by atoms with Gasteiger partial charge >= 0.3 is 0 Å². The first-order chi connectivity index (χ1) is 9.36. The highest BCUT2D eigenvalue weighted by molar-refractivity contribution is 5.86. The first kappa shape index (κ1) is 17.4. The number of allylic oxidation sites excluding steroid dienone is 2. The van der Waals surface area contributed by atoms with Crippen LogP contribution in [0.25, 0.3) is 0 Å². The van der Waals surface area contributed by atoms with Gasteiger partial charge in [-0.1, -0.05) is 25.0 Å². The van der Waals surface area contributed by atoms with Crippen molar-refractivity contribution in [2.45, 2.75) is 73.2 Å². The van der Waals surface area contributed by atoms with Gasteiger partial charge in [0.1, 0.15) is 6.10 Å². The third-order valence-corrected chi connectivity index (χ3v) is 4.18. The SMILES string of the molecule is CCOC(C)O[C@H](C(=O)[C@H]1CCC(C)=C(C)C1)C(C)C. The molecular weight excluding hydrogens is 252 g/mol. The van der Waals surface area contributed by atoms with Crippen molar-refractivity contribution in [2.24, 2.45) is 11.8 Å². The van der Waals surface area contributed by atoms with Crippen molar-refractivity contribution in [3.8, 4) is 0 Å². The molecule has 1 aliphatic rings.